The summed E-state index contributed by atoms with van der Waals surface area (Å²) in [5.41, 5.74) is 2.03. The average molecular weight is 274 g/mol. The van der Waals surface area contributed by atoms with Gasteiger partial charge in [-0.05, 0) is 36.9 Å². The minimum Gasteiger partial charge on any atom is -0.338 e. The lowest BCUT2D eigenvalue weighted by atomic mass is 9.93. The number of hydrogen-bond acceptors (Lipinski definition) is 2. The van der Waals surface area contributed by atoms with E-state index in [1.54, 1.807) is 0 Å². The highest BCUT2D eigenvalue weighted by atomic mass is 16.2. The molecule has 0 saturated carbocycles. The Hall–Kier alpha value is -1.35. The second-order valence-electron chi connectivity index (χ2n) is 5.69. The van der Waals surface area contributed by atoms with Gasteiger partial charge in [-0.2, -0.15) is 0 Å². The molecule has 1 saturated heterocycles. The zero-order chi connectivity index (χ0) is 14.5. The minimum atomic E-state index is 0.198. The van der Waals surface area contributed by atoms with Crippen LogP contribution in [0.2, 0.25) is 0 Å². The van der Waals surface area contributed by atoms with Crippen LogP contribution in [0.15, 0.2) is 24.3 Å². The van der Waals surface area contributed by atoms with Crippen molar-refractivity contribution in [3.63, 3.8) is 0 Å². The lowest BCUT2D eigenvalue weighted by Gasteiger charge is -2.37. The van der Waals surface area contributed by atoms with Gasteiger partial charge in [0.05, 0.1) is 0 Å². The van der Waals surface area contributed by atoms with Crippen molar-refractivity contribution in [2.75, 3.05) is 19.6 Å². The molecule has 2 atom stereocenters. The first-order valence-corrected chi connectivity index (χ1v) is 7.77. The molecule has 0 bridgehead atoms. The van der Waals surface area contributed by atoms with Gasteiger partial charge in [-0.1, -0.05) is 39.0 Å². The second kappa shape index (κ2) is 6.89. The number of nitrogens with zero attached hydrogens (tertiary/aromatic N) is 1. The highest BCUT2D eigenvalue weighted by Gasteiger charge is 2.29. The van der Waals surface area contributed by atoms with Crippen molar-refractivity contribution >= 4 is 5.91 Å². The summed E-state index contributed by atoms with van der Waals surface area (Å²) in [5, 5.41) is 3.52. The first-order chi connectivity index (χ1) is 9.67. The van der Waals surface area contributed by atoms with Gasteiger partial charge in [-0.25, -0.2) is 0 Å². The SMILES string of the molecule is CCNC1CCN(C(=O)c2ccccc2CC)CC1C. The monoisotopic (exact) mass is 274 g/mol. The van der Waals surface area contributed by atoms with Gasteiger partial charge in [0.1, 0.15) is 0 Å². The number of carbonyl (C=O) groups excluding carboxylic acids is 1. The Morgan fingerprint density at radius 3 is 2.75 bits per heavy atom. The molecule has 1 aliphatic heterocycles. The van der Waals surface area contributed by atoms with Gasteiger partial charge in [0.15, 0.2) is 0 Å². The third-order valence-electron chi connectivity index (χ3n) is 4.29. The van der Waals surface area contributed by atoms with Gasteiger partial charge in [-0.15, -0.1) is 0 Å². The quantitative estimate of drug-likeness (QED) is 0.915. The van der Waals surface area contributed by atoms with Crippen LogP contribution in [0.5, 0.6) is 0 Å². The Bertz CT molecular complexity index is 458. The molecule has 20 heavy (non-hydrogen) atoms. The van der Waals surface area contributed by atoms with Crippen molar-refractivity contribution in [2.24, 2.45) is 5.92 Å². The molecule has 1 heterocycles. The number of hydrogen-bond donors (Lipinski definition) is 1. The molecule has 1 amide bonds. The van der Waals surface area contributed by atoms with Gasteiger partial charge in [0.25, 0.3) is 5.91 Å². The van der Waals surface area contributed by atoms with Crippen molar-refractivity contribution in [1.29, 1.82) is 0 Å². The normalized spacial score (nSPS) is 22.9. The number of aryl methyl sites for hydroxylation is 1. The van der Waals surface area contributed by atoms with E-state index in [1.807, 2.05) is 23.1 Å². The van der Waals surface area contributed by atoms with E-state index in [1.165, 1.54) is 0 Å². The standard InChI is InChI=1S/C17H26N2O/c1-4-14-8-6-7-9-15(14)17(20)19-11-10-16(18-5-2)13(3)12-19/h6-9,13,16,18H,4-5,10-12H2,1-3H3. The summed E-state index contributed by atoms with van der Waals surface area (Å²) in [7, 11) is 0. The Kier molecular flexibility index (Phi) is 5.18. The third kappa shape index (κ3) is 3.21. The van der Waals surface area contributed by atoms with E-state index in [-0.39, 0.29) is 5.91 Å². The van der Waals surface area contributed by atoms with Crippen LogP contribution in [-0.4, -0.2) is 36.5 Å². The summed E-state index contributed by atoms with van der Waals surface area (Å²) < 4.78 is 0. The van der Waals surface area contributed by atoms with Crippen LogP contribution in [-0.2, 0) is 6.42 Å². The van der Waals surface area contributed by atoms with Crippen molar-refractivity contribution in [1.82, 2.24) is 10.2 Å². The molecular formula is C17H26N2O. The Morgan fingerprint density at radius 1 is 1.35 bits per heavy atom. The topological polar surface area (TPSA) is 32.3 Å². The van der Waals surface area contributed by atoms with Crippen molar-refractivity contribution in [2.45, 2.75) is 39.7 Å². The van der Waals surface area contributed by atoms with E-state index in [0.717, 1.165) is 43.6 Å². The molecule has 1 fully saturated rings. The highest BCUT2D eigenvalue weighted by Crippen LogP contribution is 2.20. The van der Waals surface area contributed by atoms with Crippen molar-refractivity contribution in [3.05, 3.63) is 35.4 Å². The van der Waals surface area contributed by atoms with Crippen LogP contribution >= 0.6 is 0 Å². The van der Waals surface area contributed by atoms with Gasteiger partial charge >= 0.3 is 0 Å². The largest absolute Gasteiger partial charge is 0.338 e. The summed E-state index contributed by atoms with van der Waals surface area (Å²) in [6.45, 7) is 9.20. The maximum absolute atomic E-state index is 12.7. The zero-order valence-electron chi connectivity index (χ0n) is 12.9. The summed E-state index contributed by atoms with van der Waals surface area (Å²) >= 11 is 0. The van der Waals surface area contributed by atoms with Gasteiger partial charge < -0.3 is 10.2 Å². The third-order valence-corrected chi connectivity index (χ3v) is 4.29. The van der Waals surface area contributed by atoms with Crippen LogP contribution in [0.1, 0.15) is 43.1 Å². The van der Waals surface area contributed by atoms with Crippen LogP contribution in [0.3, 0.4) is 0 Å². The van der Waals surface area contributed by atoms with E-state index in [9.17, 15) is 4.79 Å². The van der Waals surface area contributed by atoms with E-state index < -0.39 is 0 Å². The molecule has 3 heteroatoms. The molecule has 1 aromatic carbocycles. The molecule has 2 unspecified atom stereocenters. The number of piperidine rings is 1. The fourth-order valence-corrected chi connectivity index (χ4v) is 3.10. The summed E-state index contributed by atoms with van der Waals surface area (Å²) in [6.07, 6.45) is 1.96. The average Bonchev–Trinajstić information content (AvgIpc) is 2.48. The molecule has 2 rings (SSSR count). The molecule has 0 spiro atoms. The molecule has 0 aliphatic carbocycles. The zero-order valence-corrected chi connectivity index (χ0v) is 12.9. The summed E-state index contributed by atoms with van der Waals surface area (Å²) in [6, 6.07) is 8.53. The fraction of sp³-hybridized carbons (Fsp3) is 0.588. The molecule has 1 aliphatic rings. The Balaban J connectivity index is 2.07. The number of benzene rings is 1. The van der Waals surface area contributed by atoms with Crippen LogP contribution in [0.25, 0.3) is 0 Å². The highest BCUT2D eigenvalue weighted by molar-refractivity contribution is 5.95. The number of amides is 1. The lowest BCUT2D eigenvalue weighted by Crippen LogP contribution is -2.50. The lowest BCUT2D eigenvalue weighted by molar-refractivity contribution is 0.0645. The predicted molar refractivity (Wildman–Crippen MR) is 83.0 cm³/mol. The fourth-order valence-electron chi connectivity index (χ4n) is 3.10. The maximum Gasteiger partial charge on any atom is 0.254 e. The Labute approximate surface area is 122 Å². The van der Waals surface area contributed by atoms with Crippen molar-refractivity contribution in [3.8, 4) is 0 Å². The summed E-state index contributed by atoms with van der Waals surface area (Å²) in [5.74, 6) is 0.714. The van der Waals surface area contributed by atoms with E-state index in [0.29, 0.717) is 12.0 Å². The smallest absolute Gasteiger partial charge is 0.254 e. The molecule has 110 valence electrons. The van der Waals surface area contributed by atoms with Gasteiger partial charge in [0.2, 0.25) is 0 Å². The molecular weight excluding hydrogens is 248 g/mol. The molecule has 3 nitrogen and oxygen atoms in total. The summed E-state index contributed by atoms with van der Waals surface area (Å²) in [4.78, 5) is 14.7. The first-order valence-electron chi connectivity index (χ1n) is 7.77. The molecule has 0 aromatic heterocycles. The van der Waals surface area contributed by atoms with Crippen LogP contribution in [0.4, 0.5) is 0 Å². The minimum absolute atomic E-state index is 0.198. The molecule has 1 N–H and O–H groups in total. The van der Waals surface area contributed by atoms with Crippen LogP contribution in [0, 0.1) is 5.92 Å². The van der Waals surface area contributed by atoms with E-state index in [2.05, 4.69) is 32.2 Å². The first kappa shape index (κ1) is 15.0. The van der Waals surface area contributed by atoms with Crippen LogP contribution < -0.4 is 5.32 Å². The Morgan fingerprint density at radius 2 is 2.10 bits per heavy atom. The van der Waals surface area contributed by atoms with Crippen molar-refractivity contribution < 1.29 is 4.79 Å². The number of nitrogens with one attached hydrogen (secondary N) is 1. The predicted octanol–water partition coefficient (Wildman–Crippen LogP) is 2.71. The number of carbonyl (C=O) groups is 1. The maximum atomic E-state index is 12.7. The molecule has 1 aromatic rings. The van der Waals surface area contributed by atoms with E-state index in [4.69, 9.17) is 0 Å². The van der Waals surface area contributed by atoms with Gasteiger partial charge in [0, 0.05) is 24.7 Å². The van der Waals surface area contributed by atoms with E-state index >= 15 is 0 Å². The second-order valence-corrected chi connectivity index (χ2v) is 5.69. The van der Waals surface area contributed by atoms with Gasteiger partial charge in [-0.3, -0.25) is 4.79 Å². The molecule has 0 radical (unpaired) electrons. The number of rotatable bonds is 4. The number of likely N-dealkylation sites (tertiary alicyclic amines) is 1.